The maximum atomic E-state index is 12.3. The maximum absolute atomic E-state index is 12.3. The molecule has 1 N–H and O–H groups in total. The Balaban J connectivity index is 1.74. The summed E-state index contributed by atoms with van der Waals surface area (Å²) in [7, 11) is -7.15. The number of rotatable bonds is 6. The van der Waals surface area contributed by atoms with Crippen molar-refractivity contribution in [2.75, 3.05) is 11.6 Å². The van der Waals surface area contributed by atoms with Gasteiger partial charge in [-0.25, -0.2) is 16.8 Å². The second-order valence-electron chi connectivity index (χ2n) is 5.83. The highest BCUT2D eigenvalue weighted by atomic mass is 32.2. The van der Waals surface area contributed by atoms with Gasteiger partial charge in [-0.05, 0) is 30.3 Å². The van der Waals surface area contributed by atoms with Crippen LogP contribution in [0.2, 0.25) is 0 Å². The summed E-state index contributed by atoms with van der Waals surface area (Å²) in [4.78, 5) is 12.4. The van der Waals surface area contributed by atoms with Crippen molar-refractivity contribution in [3.8, 4) is 0 Å². The molecule has 0 radical (unpaired) electrons. The SMILES string of the molecule is CS(=O)(=O)c1cccc(C(=O)Nc2nnc(CS(=O)(=O)c3ccccc3)o2)c1. The molecule has 0 unspecified atom stereocenters. The fraction of sp³-hybridized carbons (Fsp3) is 0.118. The molecule has 9 nitrogen and oxygen atoms in total. The second-order valence-corrected chi connectivity index (χ2v) is 9.83. The molecule has 0 atom stereocenters. The van der Waals surface area contributed by atoms with Gasteiger partial charge in [0.1, 0.15) is 5.75 Å². The van der Waals surface area contributed by atoms with E-state index in [0.717, 1.165) is 6.26 Å². The van der Waals surface area contributed by atoms with Gasteiger partial charge in [0.25, 0.3) is 5.91 Å². The quantitative estimate of drug-likeness (QED) is 0.635. The van der Waals surface area contributed by atoms with E-state index < -0.39 is 31.3 Å². The van der Waals surface area contributed by atoms with Crippen molar-refractivity contribution in [1.29, 1.82) is 0 Å². The fourth-order valence-electron chi connectivity index (χ4n) is 2.27. The van der Waals surface area contributed by atoms with Crippen molar-refractivity contribution in [1.82, 2.24) is 10.2 Å². The molecule has 0 aliphatic rings. The summed E-state index contributed by atoms with van der Waals surface area (Å²) in [6.07, 6.45) is 1.03. The average molecular weight is 421 g/mol. The average Bonchev–Trinajstić information content (AvgIpc) is 3.08. The van der Waals surface area contributed by atoms with E-state index >= 15 is 0 Å². The van der Waals surface area contributed by atoms with Gasteiger partial charge in [-0.2, -0.15) is 0 Å². The summed E-state index contributed by atoms with van der Waals surface area (Å²) in [6, 6.07) is 12.9. The van der Waals surface area contributed by atoms with Crippen molar-refractivity contribution < 1.29 is 26.0 Å². The van der Waals surface area contributed by atoms with E-state index in [4.69, 9.17) is 4.42 Å². The Hall–Kier alpha value is -3.05. The van der Waals surface area contributed by atoms with Crippen LogP contribution in [0.1, 0.15) is 16.2 Å². The number of anilines is 1. The Morgan fingerprint density at radius 1 is 0.964 bits per heavy atom. The van der Waals surface area contributed by atoms with Crippen LogP contribution in [0, 0.1) is 0 Å². The molecule has 146 valence electrons. The van der Waals surface area contributed by atoms with Crippen molar-refractivity contribution in [2.24, 2.45) is 0 Å². The minimum absolute atomic E-state index is 0.0136. The molecule has 0 spiro atoms. The van der Waals surface area contributed by atoms with E-state index in [0.29, 0.717) is 0 Å². The van der Waals surface area contributed by atoms with E-state index in [9.17, 15) is 21.6 Å². The van der Waals surface area contributed by atoms with Gasteiger partial charge in [-0.3, -0.25) is 10.1 Å². The van der Waals surface area contributed by atoms with Crippen LogP contribution in [0.15, 0.2) is 68.8 Å². The first-order valence-electron chi connectivity index (χ1n) is 7.87. The molecule has 0 aliphatic heterocycles. The molecule has 3 rings (SSSR count). The number of carbonyl (C=O) groups excluding carboxylic acids is 1. The highest BCUT2D eigenvalue weighted by molar-refractivity contribution is 7.91. The van der Waals surface area contributed by atoms with Crippen LogP contribution in [0.25, 0.3) is 0 Å². The number of hydrogen-bond donors (Lipinski definition) is 1. The van der Waals surface area contributed by atoms with Crippen molar-refractivity contribution in [3.05, 3.63) is 66.1 Å². The molecule has 1 amide bonds. The van der Waals surface area contributed by atoms with Crippen molar-refractivity contribution >= 4 is 31.6 Å². The molecule has 0 saturated heterocycles. The van der Waals surface area contributed by atoms with Crippen LogP contribution >= 0.6 is 0 Å². The lowest BCUT2D eigenvalue weighted by molar-refractivity contribution is 0.102. The number of hydrogen-bond acceptors (Lipinski definition) is 8. The normalized spacial score (nSPS) is 11.9. The maximum Gasteiger partial charge on any atom is 0.322 e. The lowest BCUT2D eigenvalue weighted by Crippen LogP contribution is -2.13. The lowest BCUT2D eigenvalue weighted by Gasteiger charge is -2.03. The molecule has 1 aromatic heterocycles. The molecular formula is C17H15N3O6S2. The number of aromatic nitrogens is 2. The second kappa shape index (κ2) is 7.52. The first-order valence-corrected chi connectivity index (χ1v) is 11.4. The predicted molar refractivity (Wildman–Crippen MR) is 99.1 cm³/mol. The van der Waals surface area contributed by atoms with Crippen LogP contribution in [0.5, 0.6) is 0 Å². The zero-order chi connectivity index (χ0) is 20.4. The van der Waals surface area contributed by atoms with Gasteiger partial charge in [0.15, 0.2) is 19.7 Å². The van der Waals surface area contributed by atoms with Gasteiger partial charge in [0, 0.05) is 11.8 Å². The molecule has 2 aromatic carbocycles. The Morgan fingerprint density at radius 3 is 2.32 bits per heavy atom. The molecule has 1 heterocycles. The summed E-state index contributed by atoms with van der Waals surface area (Å²) >= 11 is 0. The summed E-state index contributed by atoms with van der Waals surface area (Å²) in [5.41, 5.74) is 0.0691. The number of nitrogens with zero attached hydrogens (tertiary/aromatic N) is 2. The standard InChI is InChI=1S/C17H15N3O6S2/c1-27(22,23)14-9-5-6-12(10-14)16(21)18-17-20-19-15(26-17)11-28(24,25)13-7-3-2-4-8-13/h2-10H,11H2,1H3,(H,18,20,21). The fourth-order valence-corrected chi connectivity index (χ4v) is 4.12. The van der Waals surface area contributed by atoms with Gasteiger partial charge in [0.05, 0.1) is 9.79 Å². The first kappa shape index (κ1) is 19.7. The number of carbonyl (C=O) groups is 1. The molecule has 0 aliphatic carbocycles. The van der Waals surface area contributed by atoms with Crippen molar-refractivity contribution in [2.45, 2.75) is 15.5 Å². The third-order valence-electron chi connectivity index (χ3n) is 3.63. The highest BCUT2D eigenvalue weighted by Gasteiger charge is 2.20. The number of amides is 1. The molecule has 3 aromatic rings. The molecular weight excluding hydrogens is 406 g/mol. The molecule has 0 saturated carbocycles. The smallest absolute Gasteiger partial charge is 0.322 e. The topological polar surface area (TPSA) is 136 Å². The van der Waals surface area contributed by atoms with E-state index in [1.165, 1.54) is 36.4 Å². The van der Waals surface area contributed by atoms with Crippen LogP contribution in [-0.4, -0.2) is 39.2 Å². The van der Waals surface area contributed by atoms with Crippen LogP contribution < -0.4 is 5.32 Å². The van der Waals surface area contributed by atoms with E-state index in [1.807, 2.05) is 0 Å². The largest absolute Gasteiger partial charge is 0.407 e. The predicted octanol–water partition coefficient (Wildman–Crippen LogP) is 1.70. The van der Waals surface area contributed by atoms with Crippen LogP contribution in [0.3, 0.4) is 0 Å². The summed E-state index contributed by atoms with van der Waals surface area (Å²) in [6.45, 7) is 0. The summed E-state index contributed by atoms with van der Waals surface area (Å²) in [5.74, 6) is -1.39. The van der Waals surface area contributed by atoms with E-state index in [2.05, 4.69) is 15.5 Å². The van der Waals surface area contributed by atoms with Crippen molar-refractivity contribution in [3.63, 3.8) is 0 Å². The Morgan fingerprint density at radius 2 is 1.64 bits per heavy atom. The zero-order valence-electron chi connectivity index (χ0n) is 14.6. The minimum Gasteiger partial charge on any atom is -0.407 e. The molecule has 0 fully saturated rings. The van der Waals surface area contributed by atoms with E-state index in [-0.39, 0.29) is 27.3 Å². The minimum atomic E-state index is -3.68. The Bertz CT molecular complexity index is 1220. The number of benzene rings is 2. The monoisotopic (exact) mass is 421 g/mol. The third-order valence-corrected chi connectivity index (χ3v) is 6.36. The zero-order valence-corrected chi connectivity index (χ0v) is 16.2. The Kier molecular flexibility index (Phi) is 5.29. The summed E-state index contributed by atoms with van der Waals surface area (Å²) < 4.78 is 53.0. The van der Waals surface area contributed by atoms with Crippen LogP contribution in [0.4, 0.5) is 6.01 Å². The van der Waals surface area contributed by atoms with E-state index in [1.54, 1.807) is 18.2 Å². The lowest BCUT2D eigenvalue weighted by atomic mass is 10.2. The third kappa shape index (κ3) is 4.61. The van der Waals surface area contributed by atoms with Gasteiger partial charge in [-0.1, -0.05) is 29.4 Å². The van der Waals surface area contributed by atoms with Gasteiger partial charge >= 0.3 is 6.01 Å². The number of nitrogens with one attached hydrogen (secondary N) is 1. The molecule has 28 heavy (non-hydrogen) atoms. The number of sulfone groups is 2. The van der Waals surface area contributed by atoms with Gasteiger partial charge in [-0.15, -0.1) is 5.10 Å². The van der Waals surface area contributed by atoms with Crippen LogP contribution in [-0.2, 0) is 25.4 Å². The van der Waals surface area contributed by atoms with Gasteiger partial charge < -0.3 is 4.42 Å². The summed E-state index contributed by atoms with van der Waals surface area (Å²) in [5, 5.41) is 9.54. The Labute approximate surface area is 161 Å². The van der Waals surface area contributed by atoms with Gasteiger partial charge in [0.2, 0.25) is 5.89 Å². The molecule has 0 bridgehead atoms. The molecule has 11 heteroatoms. The first-order chi connectivity index (χ1) is 13.1. The highest BCUT2D eigenvalue weighted by Crippen LogP contribution is 2.17.